The molecule has 3 N–H and O–H groups in total. The van der Waals surface area contributed by atoms with E-state index in [0.717, 1.165) is 0 Å². The van der Waals surface area contributed by atoms with Crippen molar-refractivity contribution in [2.75, 3.05) is 6.61 Å². The molecule has 1 rings (SSSR count). The van der Waals surface area contributed by atoms with Crippen LogP contribution < -0.4 is 5.73 Å². The Morgan fingerprint density at radius 2 is 2.40 bits per heavy atom. The van der Waals surface area contributed by atoms with Crippen LogP contribution in [-0.4, -0.2) is 28.7 Å². The van der Waals surface area contributed by atoms with Gasteiger partial charge in [0.05, 0.1) is 12.3 Å². The van der Waals surface area contributed by atoms with Crippen molar-refractivity contribution in [3.05, 3.63) is 30.1 Å². The maximum atomic E-state index is 11.2. The highest BCUT2D eigenvalue weighted by Gasteiger charge is 2.25. The summed E-state index contributed by atoms with van der Waals surface area (Å²) in [6.07, 6.45) is 0.390. The number of carbonyl (C=O) groups excluding carboxylic acids is 1. The molecule has 5 heteroatoms. The van der Waals surface area contributed by atoms with E-state index >= 15 is 0 Å². The van der Waals surface area contributed by atoms with Crippen LogP contribution in [0.4, 0.5) is 0 Å². The number of hydrogen-bond acceptors (Lipinski definition) is 5. The van der Waals surface area contributed by atoms with Crippen molar-refractivity contribution in [1.82, 2.24) is 4.98 Å². The van der Waals surface area contributed by atoms with Gasteiger partial charge in [-0.1, -0.05) is 6.07 Å². The smallest absolute Gasteiger partial charge is 0.326 e. The third-order valence-corrected chi connectivity index (χ3v) is 1.89. The molecule has 0 bridgehead atoms. The van der Waals surface area contributed by atoms with Crippen molar-refractivity contribution in [2.45, 2.75) is 19.1 Å². The van der Waals surface area contributed by atoms with Gasteiger partial charge in [0.25, 0.3) is 0 Å². The molecule has 1 aromatic heterocycles. The van der Waals surface area contributed by atoms with Gasteiger partial charge in [0.15, 0.2) is 0 Å². The average molecular weight is 210 g/mol. The van der Waals surface area contributed by atoms with Gasteiger partial charge < -0.3 is 15.6 Å². The summed E-state index contributed by atoms with van der Waals surface area (Å²) in [7, 11) is 0. The zero-order chi connectivity index (χ0) is 11.3. The van der Waals surface area contributed by atoms with E-state index in [4.69, 9.17) is 10.5 Å². The van der Waals surface area contributed by atoms with Crippen molar-refractivity contribution in [3.63, 3.8) is 0 Å². The van der Waals surface area contributed by atoms with Crippen LogP contribution in [0.5, 0.6) is 0 Å². The molecule has 0 radical (unpaired) electrons. The molecule has 5 nitrogen and oxygen atoms in total. The summed E-state index contributed by atoms with van der Waals surface area (Å²) >= 11 is 0. The molecule has 1 heterocycles. The molecule has 0 saturated heterocycles. The highest BCUT2D eigenvalue weighted by atomic mass is 16.5. The number of carbonyl (C=O) groups is 1. The zero-order valence-corrected chi connectivity index (χ0v) is 8.46. The first-order valence-corrected chi connectivity index (χ1v) is 4.68. The predicted molar refractivity (Wildman–Crippen MR) is 53.8 cm³/mol. The first-order valence-electron chi connectivity index (χ1n) is 4.68. The van der Waals surface area contributed by atoms with Crippen molar-refractivity contribution in [2.24, 2.45) is 5.73 Å². The number of rotatable bonds is 4. The lowest BCUT2D eigenvalue weighted by Gasteiger charge is -2.16. The van der Waals surface area contributed by atoms with Gasteiger partial charge in [-0.25, -0.2) is 0 Å². The van der Waals surface area contributed by atoms with Gasteiger partial charge in [0, 0.05) is 6.20 Å². The van der Waals surface area contributed by atoms with E-state index in [9.17, 15) is 9.90 Å². The Morgan fingerprint density at radius 3 is 2.93 bits per heavy atom. The minimum absolute atomic E-state index is 0.238. The van der Waals surface area contributed by atoms with E-state index < -0.39 is 18.1 Å². The molecular weight excluding hydrogens is 196 g/mol. The second-order valence-corrected chi connectivity index (χ2v) is 2.98. The van der Waals surface area contributed by atoms with Crippen molar-refractivity contribution in [1.29, 1.82) is 0 Å². The van der Waals surface area contributed by atoms with Crippen LogP contribution in [0.3, 0.4) is 0 Å². The topological polar surface area (TPSA) is 85.4 Å². The molecule has 15 heavy (non-hydrogen) atoms. The Kier molecular flexibility index (Phi) is 4.20. The summed E-state index contributed by atoms with van der Waals surface area (Å²) in [6.45, 7) is 1.92. The fraction of sp³-hybridized carbons (Fsp3) is 0.400. The second-order valence-electron chi connectivity index (χ2n) is 2.98. The van der Waals surface area contributed by atoms with E-state index in [2.05, 4.69) is 4.98 Å². The van der Waals surface area contributed by atoms with Crippen LogP contribution in [0.1, 0.15) is 18.7 Å². The highest BCUT2D eigenvalue weighted by molar-refractivity contribution is 5.76. The van der Waals surface area contributed by atoms with Crippen LogP contribution in [0, 0.1) is 0 Å². The van der Waals surface area contributed by atoms with Gasteiger partial charge in [0.1, 0.15) is 12.1 Å². The van der Waals surface area contributed by atoms with Gasteiger partial charge >= 0.3 is 5.97 Å². The molecule has 0 spiro atoms. The Bertz CT molecular complexity index is 316. The van der Waals surface area contributed by atoms with Gasteiger partial charge in [-0.2, -0.15) is 0 Å². The van der Waals surface area contributed by atoms with Gasteiger partial charge in [-0.05, 0) is 19.1 Å². The molecule has 0 fully saturated rings. The summed E-state index contributed by atoms with van der Waals surface area (Å²) in [6, 6.07) is 3.93. The minimum atomic E-state index is -1.13. The number of hydrogen-bond donors (Lipinski definition) is 2. The third-order valence-electron chi connectivity index (χ3n) is 1.89. The largest absolute Gasteiger partial charge is 0.465 e. The number of aliphatic hydroxyl groups excluding tert-OH is 1. The zero-order valence-electron chi connectivity index (χ0n) is 8.46. The first-order chi connectivity index (χ1) is 7.16. The molecule has 82 valence electrons. The highest BCUT2D eigenvalue weighted by Crippen LogP contribution is 2.13. The molecule has 0 aliphatic rings. The molecule has 0 aromatic carbocycles. The van der Waals surface area contributed by atoms with E-state index in [1.165, 1.54) is 6.20 Å². The fourth-order valence-electron chi connectivity index (χ4n) is 1.10. The first kappa shape index (κ1) is 11.6. The van der Waals surface area contributed by atoms with E-state index in [0.29, 0.717) is 5.69 Å². The average Bonchev–Trinajstić information content (AvgIpc) is 2.28. The summed E-state index contributed by atoms with van der Waals surface area (Å²) < 4.78 is 4.69. The number of aliphatic hydroxyl groups is 1. The molecule has 0 aliphatic carbocycles. The lowest BCUT2D eigenvalue weighted by molar-refractivity contribution is -0.147. The number of nitrogens with two attached hydrogens (primary N) is 1. The number of aromatic nitrogens is 1. The van der Waals surface area contributed by atoms with Gasteiger partial charge in [-0.3, -0.25) is 9.78 Å². The molecular formula is C10H14N2O3. The summed E-state index contributed by atoms with van der Waals surface area (Å²) in [5, 5.41) is 9.70. The van der Waals surface area contributed by atoms with Crippen molar-refractivity contribution < 1.29 is 14.6 Å². The maximum Gasteiger partial charge on any atom is 0.326 e. The number of ether oxygens (including phenoxy) is 1. The minimum Gasteiger partial charge on any atom is -0.465 e. The quantitative estimate of drug-likeness (QED) is 0.683. The Morgan fingerprint density at radius 1 is 1.67 bits per heavy atom. The lowest BCUT2D eigenvalue weighted by atomic mass is 10.1. The van der Waals surface area contributed by atoms with Crippen LogP contribution in [0.2, 0.25) is 0 Å². The maximum absolute atomic E-state index is 11.2. The molecule has 0 aliphatic heterocycles. The Balaban J connectivity index is 2.68. The SMILES string of the molecule is CCOC(=O)[C@@H](N)[C@H](O)c1ccccn1. The van der Waals surface area contributed by atoms with E-state index in [-0.39, 0.29) is 6.61 Å². The van der Waals surface area contributed by atoms with Crippen LogP contribution in [-0.2, 0) is 9.53 Å². The van der Waals surface area contributed by atoms with Crippen molar-refractivity contribution in [3.8, 4) is 0 Å². The Hall–Kier alpha value is -1.46. The van der Waals surface area contributed by atoms with Gasteiger partial charge in [-0.15, -0.1) is 0 Å². The summed E-state index contributed by atoms with van der Waals surface area (Å²) in [5.41, 5.74) is 5.87. The van der Waals surface area contributed by atoms with Crippen LogP contribution >= 0.6 is 0 Å². The van der Waals surface area contributed by atoms with Crippen molar-refractivity contribution >= 4 is 5.97 Å². The molecule has 0 unspecified atom stereocenters. The van der Waals surface area contributed by atoms with E-state index in [1.807, 2.05) is 0 Å². The van der Waals surface area contributed by atoms with Crippen LogP contribution in [0.25, 0.3) is 0 Å². The Labute approximate surface area is 87.9 Å². The molecule has 1 aromatic rings. The lowest BCUT2D eigenvalue weighted by Crippen LogP contribution is -2.38. The third kappa shape index (κ3) is 3.00. The fourth-order valence-corrected chi connectivity index (χ4v) is 1.10. The summed E-state index contributed by atoms with van der Waals surface area (Å²) in [5.74, 6) is -0.629. The predicted octanol–water partition coefficient (Wildman–Crippen LogP) is 0.00540. The standard InChI is InChI=1S/C10H14N2O3/c1-2-15-10(14)8(11)9(13)7-5-3-4-6-12-7/h3-6,8-9,13H,2,11H2,1H3/t8-,9+/m0/s1. The van der Waals surface area contributed by atoms with Crippen LogP contribution in [0.15, 0.2) is 24.4 Å². The summed E-state index contributed by atoms with van der Waals surface area (Å²) in [4.78, 5) is 15.1. The molecule has 2 atom stereocenters. The number of esters is 1. The normalized spacial score (nSPS) is 14.3. The van der Waals surface area contributed by atoms with E-state index in [1.54, 1.807) is 25.1 Å². The monoisotopic (exact) mass is 210 g/mol. The molecule has 0 amide bonds. The second kappa shape index (κ2) is 5.43. The van der Waals surface area contributed by atoms with Gasteiger partial charge in [0.2, 0.25) is 0 Å². The number of pyridine rings is 1. The number of nitrogens with zero attached hydrogens (tertiary/aromatic N) is 1. The molecule has 0 saturated carbocycles.